The van der Waals surface area contributed by atoms with E-state index < -0.39 is 5.97 Å². The van der Waals surface area contributed by atoms with Crippen LogP contribution < -0.4 is 11.2 Å². The van der Waals surface area contributed by atoms with Crippen LogP contribution in [0.15, 0.2) is 34.5 Å². The average molecular weight is 308 g/mol. The Morgan fingerprint density at radius 3 is 2.59 bits per heavy atom. The molecule has 0 atom stereocenters. The van der Waals surface area contributed by atoms with Crippen LogP contribution >= 0.6 is 0 Å². The van der Waals surface area contributed by atoms with Gasteiger partial charge >= 0.3 is 11.7 Å². The van der Waals surface area contributed by atoms with Crippen molar-refractivity contribution in [1.82, 2.24) is 9.13 Å². The Labute approximate surface area is 130 Å². The fourth-order valence-corrected chi connectivity index (χ4v) is 2.15. The molecule has 0 spiro atoms. The summed E-state index contributed by atoms with van der Waals surface area (Å²) in [7, 11) is 0. The Morgan fingerprint density at radius 2 is 1.95 bits per heavy atom. The predicted octanol–water partition coefficient (Wildman–Crippen LogP) is 1.88. The van der Waals surface area contributed by atoms with Crippen molar-refractivity contribution in [3.8, 4) is 0 Å². The van der Waals surface area contributed by atoms with E-state index in [1.807, 2.05) is 13.8 Å². The Balaban J connectivity index is 2.39. The van der Waals surface area contributed by atoms with Gasteiger partial charge < -0.3 is 9.30 Å². The lowest BCUT2D eigenvalue weighted by molar-refractivity contribution is -0.137. The van der Waals surface area contributed by atoms with Gasteiger partial charge in [0, 0.05) is 30.9 Å². The summed E-state index contributed by atoms with van der Waals surface area (Å²) in [4.78, 5) is 34.7. The highest BCUT2D eigenvalue weighted by Gasteiger charge is 2.07. The Bertz CT molecular complexity index is 613. The third kappa shape index (κ3) is 5.35. The maximum atomic E-state index is 12.2. The first-order chi connectivity index (χ1) is 10.5. The van der Waals surface area contributed by atoms with E-state index >= 15 is 0 Å². The van der Waals surface area contributed by atoms with Crippen molar-refractivity contribution in [2.75, 3.05) is 6.61 Å². The zero-order valence-corrected chi connectivity index (χ0v) is 13.3. The number of nitrogens with zero attached hydrogens (tertiary/aromatic N) is 2. The lowest BCUT2D eigenvalue weighted by Crippen LogP contribution is -2.40. The van der Waals surface area contributed by atoms with Gasteiger partial charge in [-0.25, -0.2) is 9.59 Å². The Kier molecular flexibility index (Phi) is 7.36. The Morgan fingerprint density at radius 1 is 1.27 bits per heavy atom. The highest BCUT2D eigenvalue weighted by Crippen LogP contribution is 2.02. The number of unbranched alkanes of at least 4 members (excludes halogenated alkanes) is 3. The smallest absolute Gasteiger partial charge is 0.331 e. The minimum absolute atomic E-state index is 0.146. The van der Waals surface area contributed by atoms with Crippen LogP contribution in [0.4, 0.5) is 0 Å². The number of hydrogen-bond donors (Lipinski definition) is 0. The molecule has 0 saturated heterocycles. The van der Waals surface area contributed by atoms with Gasteiger partial charge in [-0.3, -0.25) is 9.36 Å². The lowest BCUT2D eigenvalue weighted by Gasteiger charge is -2.12. The fraction of sp³-hybridized carbons (Fsp3) is 0.562. The molecule has 0 aliphatic carbocycles. The third-order valence-corrected chi connectivity index (χ3v) is 3.31. The molecule has 0 saturated carbocycles. The Hall–Kier alpha value is -2.11. The first kappa shape index (κ1) is 17.9. The van der Waals surface area contributed by atoms with Gasteiger partial charge in [0.15, 0.2) is 0 Å². The van der Waals surface area contributed by atoms with E-state index in [-0.39, 0.29) is 17.3 Å². The maximum Gasteiger partial charge on any atom is 0.331 e. The SMILES string of the molecule is C=CC(=O)OCCCCCCn1ccc(=O)n(C(C)C)c1=O. The van der Waals surface area contributed by atoms with Crippen molar-refractivity contribution in [3.63, 3.8) is 0 Å². The highest BCUT2D eigenvalue weighted by atomic mass is 16.5. The summed E-state index contributed by atoms with van der Waals surface area (Å²) in [5.41, 5.74) is -0.525. The van der Waals surface area contributed by atoms with Gasteiger partial charge in [0.2, 0.25) is 0 Å². The number of carbonyl (C=O) groups excluding carboxylic acids is 1. The van der Waals surface area contributed by atoms with E-state index in [0.29, 0.717) is 13.2 Å². The van der Waals surface area contributed by atoms with Gasteiger partial charge in [0.05, 0.1) is 6.61 Å². The van der Waals surface area contributed by atoms with E-state index in [4.69, 9.17) is 4.74 Å². The van der Waals surface area contributed by atoms with Gasteiger partial charge in [0.1, 0.15) is 0 Å². The van der Waals surface area contributed by atoms with Gasteiger partial charge in [-0.05, 0) is 33.1 Å². The second kappa shape index (κ2) is 9.02. The molecule has 0 aromatic carbocycles. The van der Waals surface area contributed by atoms with Crippen molar-refractivity contribution in [2.45, 2.75) is 52.1 Å². The maximum absolute atomic E-state index is 12.2. The highest BCUT2D eigenvalue weighted by molar-refractivity contribution is 5.81. The van der Waals surface area contributed by atoms with E-state index in [1.165, 1.54) is 10.6 Å². The summed E-state index contributed by atoms with van der Waals surface area (Å²) < 4.78 is 7.71. The zero-order chi connectivity index (χ0) is 16.5. The number of carbonyl (C=O) groups is 1. The van der Waals surface area contributed by atoms with Gasteiger partial charge in [0.25, 0.3) is 5.56 Å². The van der Waals surface area contributed by atoms with Crippen LogP contribution in [0.1, 0.15) is 45.6 Å². The van der Waals surface area contributed by atoms with Crippen molar-refractivity contribution in [1.29, 1.82) is 0 Å². The monoisotopic (exact) mass is 308 g/mol. The molecule has 6 heteroatoms. The molecular weight excluding hydrogens is 284 g/mol. The molecule has 122 valence electrons. The number of hydrogen-bond acceptors (Lipinski definition) is 4. The van der Waals surface area contributed by atoms with Crippen LogP contribution in [0.3, 0.4) is 0 Å². The van der Waals surface area contributed by atoms with E-state index in [9.17, 15) is 14.4 Å². The van der Waals surface area contributed by atoms with Crippen LogP contribution in [-0.2, 0) is 16.1 Å². The van der Waals surface area contributed by atoms with Crippen molar-refractivity contribution >= 4 is 5.97 Å². The largest absolute Gasteiger partial charge is 0.463 e. The first-order valence-electron chi connectivity index (χ1n) is 7.58. The summed E-state index contributed by atoms with van der Waals surface area (Å²) in [6.45, 7) is 7.93. The fourth-order valence-electron chi connectivity index (χ4n) is 2.15. The van der Waals surface area contributed by atoms with Crippen LogP contribution in [0.5, 0.6) is 0 Å². The molecule has 1 heterocycles. The molecule has 6 nitrogen and oxygen atoms in total. The van der Waals surface area contributed by atoms with Crippen molar-refractivity contribution in [3.05, 3.63) is 45.8 Å². The van der Waals surface area contributed by atoms with E-state index in [2.05, 4.69) is 6.58 Å². The van der Waals surface area contributed by atoms with Crippen molar-refractivity contribution < 1.29 is 9.53 Å². The second-order valence-electron chi connectivity index (χ2n) is 5.38. The molecule has 0 fully saturated rings. The minimum Gasteiger partial charge on any atom is -0.463 e. The molecule has 0 bridgehead atoms. The molecule has 0 aliphatic heterocycles. The van der Waals surface area contributed by atoms with E-state index in [1.54, 1.807) is 10.8 Å². The molecule has 1 aromatic heterocycles. The molecule has 0 aliphatic rings. The summed E-state index contributed by atoms with van der Waals surface area (Å²) >= 11 is 0. The molecule has 0 unspecified atom stereocenters. The average Bonchev–Trinajstić information content (AvgIpc) is 2.47. The molecule has 1 aromatic rings. The number of rotatable bonds is 9. The first-order valence-corrected chi connectivity index (χ1v) is 7.58. The number of aromatic nitrogens is 2. The van der Waals surface area contributed by atoms with Crippen LogP contribution in [-0.4, -0.2) is 21.7 Å². The zero-order valence-electron chi connectivity index (χ0n) is 13.3. The van der Waals surface area contributed by atoms with Crippen LogP contribution in [0, 0.1) is 0 Å². The number of ether oxygens (including phenoxy) is 1. The second-order valence-corrected chi connectivity index (χ2v) is 5.38. The topological polar surface area (TPSA) is 70.3 Å². The normalized spacial score (nSPS) is 10.7. The standard InChI is InChI=1S/C16H24N2O4/c1-4-15(20)22-12-8-6-5-7-10-17-11-9-14(19)18(13(2)3)16(17)21/h4,9,11,13H,1,5-8,10,12H2,2-3H3. The summed E-state index contributed by atoms with van der Waals surface area (Å²) in [6.07, 6.45) is 6.18. The molecular formula is C16H24N2O4. The predicted molar refractivity (Wildman–Crippen MR) is 85.0 cm³/mol. The summed E-state index contributed by atoms with van der Waals surface area (Å²) in [6, 6.07) is 1.28. The van der Waals surface area contributed by atoms with Crippen molar-refractivity contribution in [2.24, 2.45) is 0 Å². The van der Waals surface area contributed by atoms with Gasteiger partial charge in [-0.15, -0.1) is 0 Å². The molecule has 1 rings (SSSR count). The third-order valence-electron chi connectivity index (χ3n) is 3.31. The minimum atomic E-state index is -0.400. The number of esters is 1. The summed E-state index contributed by atoms with van der Waals surface area (Å²) in [5.74, 6) is -0.400. The molecule has 0 radical (unpaired) electrons. The van der Waals surface area contributed by atoms with Crippen LogP contribution in [0.25, 0.3) is 0 Å². The molecule has 0 N–H and O–H groups in total. The van der Waals surface area contributed by atoms with Gasteiger partial charge in [-0.1, -0.05) is 13.0 Å². The molecule has 0 amide bonds. The lowest BCUT2D eigenvalue weighted by atomic mass is 10.2. The van der Waals surface area contributed by atoms with Gasteiger partial charge in [-0.2, -0.15) is 0 Å². The molecule has 22 heavy (non-hydrogen) atoms. The number of aryl methyl sites for hydroxylation is 1. The summed E-state index contributed by atoms with van der Waals surface area (Å²) in [5, 5.41) is 0. The quantitative estimate of drug-likeness (QED) is 0.397. The van der Waals surface area contributed by atoms with Crippen LogP contribution in [0.2, 0.25) is 0 Å². The van der Waals surface area contributed by atoms with E-state index in [0.717, 1.165) is 31.8 Å².